The Kier molecular flexibility index (Phi) is 5.49. The standard InChI is InChI=1S/C18H19ClN2OS/c1-21(13-16-9-10-18(19)23-16)11-5-8-15-12-17(20-22-15)14-6-3-2-4-7-14/h2-4,6-7,9-10,12H,5,8,11,13H2,1H3. The van der Waals surface area contributed by atoms with Gasteiger partial charge in [-0.3, -0.25) is 0 Å². The van der Waals surface area contributed by atoms with E-state index in [-0.39, 0.29) is 0 Å². The molecule has 2 aromatic heterocycles. The summed E-state index contributed by atoms with van der Waals surface area (Å²) in [5.74, 6) is 0.941. The minimum Gasteiger partial charge on any atom is -0.361 e. The minimum absolute atomic E-state index is 0.850. The molecule has 0 unspecified atom stereocenters. The highest BCUT2D eigenvalue weighted by molar-refractivity contribution is 7.16. The molecule has 0 aliphatic rings. The van der Waals surface area contributed by atoms with Crippen molar-refractivity contribution in [3.05, 3.63) is 63.5 Å². The second-order valence-corrected chi connectivity index (χ2v) is 7.39. The molecule has 0 saturated carbocycles. The van der Waals surface area contributed by atoms with Gasteiger partial charge in [0.1, 0.15) is 11.5 Å². The lowest BCUT2D eigenvalue weighted by molar-refractivity contribution is 0.314. The SMILES string of the molecule is CN(CCCc1cc(-c2ccccc2)no1)Cc1ccc(Cl)s1. The van der Waals surface area contributed by atoms with Crippen molar-refractivity contribution in [2.45, 2.75) is 19.4 Å². The number of aryl methyl sites for hydroxylation is 1. The first-order valence-electron chi connectivity index (χ1n) is 7.64. The zero-order valence-corrected chi connectivity index (χ0v) is 14.6. The molecule has 5 heteroatoms. The summed E-state index contributed by atoms with van der Waals surface area (Å²) in [7, 11) is 2.13. The summed E-state index contributed by atoms with van der Waals surface area (Å²) in [5.41, 5.74) is 2.00. The predicted molar refractivity (Wildman–Crippen MR) is 95.9 cm³/mol. The van der Waals surface area contributed by atoms with Crippen LogP contribution in [0.4, 0.5) is 0 Å². The van der Waals surface area contributed by atoms with Gasteiger partial charge in [0.05, 0.1) is 4.34 Å². The van der Waals surface area contributed by atoms with E-state index >= 15 is 0 Å². The average molecular weight is 347 g/mol. The maximum Gasteiger partial charge on any atom is 0.137 e. The lowest BCUT2D eigenvalue weighted by Crippen LogP contribution is -2.18. The van der Waals surface area contributed by atoms with Crippen molar-refractivity contribution in [3.63, 3.8) is 0 Å². The number of nitrogens with zero attached hydrogens (tertiary/aromatic N) is 2. The molecule has 0 aliphatic carbocycles. The van der Waals surface area contributed by atoms with Gasteiger partial charge in [-0.05, 0) is 32.1 Å². The zero-order chi connectivity index (χ0) is 16.1. The number of benzene rings is 1. The monoisotopic (exact) mass is 346 g/mol. The van der Waals surface area contributed by atoms with Gasteiger partial charge < -0.3 is 9.42 Å². The quantitative estimate of drug-likeness (QED) is 0.594. The van der Waals surface area contributed by atoms with Crippen LogP contribution in [0.5, 0.6) is 0 Å². The third kappa shape index (κ3) is 4.67. The molecule has 23 heavy (non-hydrogen) atoms. The van der Waals surface area contributed by atoms with Crippen LogP contribution in [0.25, 0.3) is 11.3 Å². The normalized spacial score (nSPS) is 11.3. The second kappa shape index (κ2) is 7.77. The van der Waals surface area contributed by atoms with Crippen LogP contribution in [-0.4, -0.2) is 23.6 Å². The maximum atomic E-state index is 5.96. The van der Waals surface area contributed by atoms with Gasteiger partial charge in [0.2, 0.25) is 0 Å². The Morgan fingerprint density at radius 3 is 2.74 bits per heavy atom. The summed E-state index contributed by atoms with van der Waals surface area (Å²) in [6, 6.07) is 16.2. The van der Waals surface area contributed by atoms with Crippen LogP contribution in [0, 0.1) is 0 Å². The fourth-order valence-corrected chi connectivity index (χ4v) is 3.65. The third-order valence-electron chi connectivity index (χ3n) is 3.65. The molecule has 120 valence electrons. The molecular formula is C18H19ClN2OS. The number of halogens is 1. The minimum atomic E-state index is 0.850. The molecule has 2 heterocycles. The van der Waals surface area contributed by atoms with Crippen molar-refractivity contribution < 1.29 is 4.52 Å². The number of rotatable bonds is 7. The molecule has 0 radical (unpaired) electrons. The van der Waals surface area contributed by atoms with E-state index in [9.17, 15) is 0 Å². The predicted octanol–water partition coefficient (Wildman–Crippen LogP) is 5.12. The molecule has 1 aromatic carbocycles. The molecule has 0 amide bonds. The van der Waals surface area contributed by atoms with Gasteiger partial charge in [-0.25, -0.2) is 0 Å². The van der Waals surface area contributed by atoms with E-state index < -0.39 is 0 Å². The summed E-state index contributed by atoms with van der Waals surface area (Å²) in [6.07, 6.45) is 1.94. The summed E-state index contributed by atoms with van der Waals surface area (Å²) in [6.45, 7) is 1.94. The van der Waals surface area contributed by atoms with Crippen LogP contribution in [-0.2, 0) is 13.0 Å². The van der Waals surface area contributed by atoms with Gasteiger partial charge >= 0.3 is 0 Å². The molecule has 0 spiro atoms. The molecule has 3 rings (SSSR count). The van der Waals surface area contributed by atoms with E-state index in [1.165, 1.54) is 4.88 Å². The number of aromatic nitrogens is 1. The smallest absolute Gasteiger partial charge is 0.137 e. The summed E-state index contributed by atoms with van der Waals surface area (Å²) < 4.78 is 6.29. The Morgan fingerprint density at radius 2 is 2.00 bits per heavy atom. The molecule has 0 atom stereocenters. The van der Waals surface area contributed by atoms with Gasteiger partial charge in [-0.1, -0.05) is 47.1 Å². The lowest BCUT2D eigenvalue weighted by Gasteiger charge is -2.14. The van der Waals surface area contributed by atoms with Crippen molar-refractivity contribution >= 4 is 22.9 Å². The average Bonchev–Trinajstić information content (AvgIpc) is 3.17. The molecule has 0 bridgehead atoms. The van der Waals surface area contributed by atoms with E-state index in [0.717, 1.165) is 47.3 Å². The van der Waals surface area contributed by atoms with Crippen molar-refractivity contribution in [2.24, 2.45) is 0 Å². The Labute approximate surface area is 145 Å². The molecule has 0 N–H and O–H groups in total. The van der Waals surface area contributed by atoms with Gasteiger partial charge in [0.15, 0.2) is 0 Å². The number of hydrogen-bond donors (Lipinski definition) is 0. The first-order valence-corrected chi connectivity index (χ1v) is 8.84. The van der Waals surface area contributed by atoms with Crippen molar-refractivity contribution in [2.75, 3.05) is 13.6 Å². The van der Waals surface area contributed by atoms with E-state index in [0.29, 0.717) is 0 Å². The Morgan fingerprint density at radius 1 is 1.17 bits per heavy atom. The fraction of sp³-hybridized carbons (Fsp3) is 0.278. The highest BCUT2D eigenvalue weighted by Gasteiger charge is 2.07. The highest BCUT2D eigenvalue weighted by atomic mass is 35.5. The van der Waals surface area contributed by atoms with Crippen LogP contribution >= 0.6 is 22.9 Å². The first-order chi connectivity index (χ1) is 11.2. The van der Waals surface area contributed by atoms with E-state index in [1.807, 2.05) is 42.5 Å². The highest BCUT2D eigenvalue weighted by Crippen LogP contribution is 2.23. The molecular weight excluding hydrogens is 328 g/mol. The molecule has 0 fully saturated rings. The van der Waals surface area contributed by atoms with Crippen LogP contribution in [0.2, 0.25) is 4.34 Å². The maximum absolute atomic E-state index is 5.96. The zero-order valence-electron chi connectivity index (χ0n) is 13.0. The topological polar surface area (TPSA) is 29.3 Å². The second-order valence-electron chi connectivity index (χ2n) is 5.59. The first kappa shape index (κ1) is 16.2. The van der Waals surface area contributed by atoms with Gasteiger partial charge in [-0.2, -0.15) is 0 Å². The molecule has 0 saturated heterocycles. The van der Waals surface area contributed by atoms with E-state index in [1.54, 1.807) is 11.3 Å². The Bertz CT molecular complexity index is 738. The van der Waals surface area contributed by atoms with Gasteiger partial charge in [0, 0.05) is 29.5 Å². The summed E-state index contributed by atoms with van der Waals surface area (Å²) >= 11 is 7.60. The van der Waals surface area contributed by atoms with Gasteiger partial charge in [-0.15, -0.1) is 11.3 Å². The van der Waals surface area contributed by atoms with E-state index in [4.69, 9.17) is 16.1 Å². The van der Waals surface area contributed by atoms with Crippen LogP contribution in [0.1, 0.15) is 17.1 Å². The third-order valence-corrected chi connectivity index (χ3v) is 4.86. The fourth-order valence-electron chi connectivity index (χ4n) is 2.48. The molecule has 3 nitrogen and oxygen atoms in total. The van der Waals surface area contributed by atoms with Gasteiger partial charge in [0.25, 0.3) is 0 Å². The largest absolute Gasteiger partial charge is 0.361 e. The molecule has 0 aliphatic heterocycles. The van der Waals surface area contributed by atoms with Crippen molar-refractivity contribution in [1.82, 2.24) is 10.1 Å². The Balaban J connectivity index is 1.46. The van der Waals surface area contributed by atoms with Crippen LogP contribution in [0.15, 0.2) is 53.1 Å². The molecule has 3 aromatic rings. The summed E-state index contributed by atoms with van der Waals surface area (Å²) in [5, 5.41) is 4.15. The van der Waals surface area contributed by atoms with Crippen LogP contribution < -0.4 is 0 Å². The van der Waals surface area contributed by atoms with Crippen LogP contribution in [0.3, 0.4) is 0 Å². The lowest BCUT2D eigenvalue weighted by atomic mass is 10.1. The number of hydrogen-bond acceptors (Lipinski definition) is 4. The van der Waals surface area contributed by atoms with Crippen molar-refractivity contribution in [1.29, 1.82) is 0 Å². The van der Waals surface area contributed by atoms with E-state index in [2.05, 4.69) is 23.2 Å². The summed E-state index contributed by atoms with van der Waals surface area (Å²) in [4.78, 5) is 3.60. The Hall–Kier alpha value is -1.62. The van der Waals surface area contributed by atoms with Crippen molar-refractivity contribution in [3.8, 4) is 11.3 Å². The number of thiophene rings is 1.